The van der Waals surface area contributed by atoms with Crippen molar-refractivity contribution in [1.82, 2.24) is 10.6 Å². The van der Waals surface area contributed by atoms with Crippen LogP contribution in [0.5, 0.6) is 0 Å². The molecule has 10 nitrogen and oxygen atoms in total. The predicted octanol–water partition coefficient (Wildman–Crippen LogP) is 5.75. The van der Waals surface area contributed by atoms with Gasteiger partial charge in [-0.2, -0.15) is 10.5 Å². The largest absolute Gasteiger partial charge is 0.350 e. The molecule has 2 saturated heterocycles. The summed E-state index contributed by atoms with van der Waals surface area (Å²) in [5.74, 6) is -3.07. The molecule has 270 valence electrons. The fourth-order valence-electron chi connectivity index (χ4n) is 5.80. The van der Waals surface area contributed by atoms with Gasteiger partial charge < -0.3 is 10.6 Å². The minimum absolute atomic E-state index is 0.137. The number of nitrogens with one attached hydrogen (secondary N) is 2. The van der Waals surface area contributed by atoms with E-state index in [9.17, 15) is 38.5 Å². The van der Waals surface area contributed by atoms with Gasteiger partial charge in [-0.05, 0) is 72.5 Å². The highest BCUT2D eigenvalue weighted by Crippen LogP contribution is 2.43. The van der Waals surface area contributed by atoms with Crippen molar-refractivity contribution in [1.29, 1.82) is 10.5 Å². The van der Waals surface area contributed by atoms with Gasteiger partial charge >= 0.3 is 0 Å². The van der Waals surface area contributed by atoms with Crippen LogP contribution in [-0.4, -0.2) is 47.2 Å². The van der Waals surface area contributed by atoms with Crippen LogP contribution >= 0.6 is 23.5 Å². The lowest BCUT2D eigenvalue weighted by Crippen LogP contribution is -2.37. The van der Waals surface area contributed by atoms with E-state index >= 15 is 0 Å². The summed E-state index contributed by atoms with van der Waals surface area (Å²) in [6.07, 6.45) is 0.469. The number of amides is 4. The van der Waals surface area contributed by atoms with Gasteiger partial charge in [-0.15, -0.1) is 0 Å². The van der Waals surface area contributed by atoms with Crippen LogP contribution in [0.1, 0.15) is 11.1 Å². The molecule has 0 radical (unpaired) electrons. The molecule has 2 atom stereocenters. The summed E-state index contributed by atoms with van der Waals surface area (Å²) in [4.78, 5) is 56.8. The van der Waals surface area contributed by atoms with Gasteiger partial charge in [0.15, 0.2) is 0 Å². The van der Waals surface area contributed by atoms with E-state index in [1.807, 2.05) is 12.1 Å². The molecular weight excluding hydrogens is 731 g/mol. The summed E-state index contributed by atoms with van der Waals surface area (Å²) in [5, 5.41) is 24.4. The maximum atomic E-state index is 13.7. The van der Waals surface area contributed by atoms with Crippen molar-refractivity contribution in [3.63, 3.8) is 0 Å². The Morgan fingerprint density at radius 2 is 0.944 bits per heavy atom. The second-order valence-corrected chi connectivity index (χ2v) is 14.4. The zero-order valence-electron chi connectivity index (χ0n) is 28.4. The van der Waals surface area contributed by atoms with E-state index < -0.39 is 33.9 Å². The zero-order valence-corrected chi connectivity index (χ0v) is 30.0. The van der Waals surface area contributed by atoms with Crippen LogP contribution in [-0.2, 0) is 32.0 Å². The quantitative estimate of drug-likeness (QED) is 0.112. The number of carbonyl (C=O) groups excluding carboxylic acids is 4. The van der Waals surface area contributed by atoms with Gasteiger partial charge in [-0.25, -0.2) is 8.78 Å². The van der Waals surface area contributed by atoms with Crippen molar-refractivity contribution in [2.24, 2.45) is 0 Å². The molecule has 6 rings (SSSR count). The standard InChI is InChI=1S/C40H30F2N6O4S2/c41-27-15-11-25(12-16-27)21-33-37(51)47(29-7-3-1-4-8-29)39(53-33)31(23-43)35(49)45-19-20-46-36(50)32(24-44)40-48(30-9-5-2-6-10-30)38(52)34(54-40)22-26-13-17-28(42)18-14-26/h1-18,33-34H,19-22H2,(H,45,49)(H,46,50)/b39-31-,40-32-/t33-,34-/m0/s1. The molecule has 2 N–H and O–H groups in total. The van der Waals surface area contributed by atoms with Gasteiger partial charge in [0.05, 0.1) is 10.5 Å². The lowest BCUT2D eigenvalue weighted by atomic mass is 10.1. The Bertz CT molecular complexity index is 2060. The topological polar surface area (TPSA) is 146 Å². The first-order valence-electron chi connectivity index (χ1n) is 16.6. The normalized spacial score (nSPS) is 18.5. The number of rotatable bonds is 11. The lowest BCUT2D eigenvalue weighted by molar-refractivity contribution is -0.119. The van der Waals surface area contributed by atoms with Crippen LogP contribution < -0.4 is 20.4 Å². The molecule has 4 aromatic carbocycles. The zero-order chi connectivity index (χ0) is 38.2. The summed E-state index contributed by atoms with van der Waals surface area (Å²) in [7, 11) is 0. The number of nitrogens with zero attached hydrogens (tertiary/aromatic N) is 4. The van der Waals surface area contributed by atoms with Crippen LogP contribution in [0.25, 0.3) is 0 Å². The summed E-state index contributed by atoms with van der Waals surface area (Å²) in [6.45, 7) is -0.274. The third-order valence-electron chi connectivity index (χ3n) is 8.40. The number of thioether (sulfide) groups is 2. The predicted molar refractivity (Wildman–Crippen MR) is 202 cm³/mol. The van der Waals surface area contributed by atoms with E-state index in [1.54, 1.807) is 84.9 Å². The Labute approximate surface area is 318 Å². The van der Waals surface area contributed by atoms with Crippen molar-refractivity contribution in [2.75, 3.05) is 22.9 Å². The second-order valence-electron chi connectivity index (χ2n) is 12.0. The molecule has 0 unspecified atom stereocenters. The molecule has 2 heterocycles. The van der Waals surface area contributed by atoms with Gasteiger partial charge in [-0.1, -0.05) is 84.2 Å². The van der Waals surface area contributed by atoms with Crippen molar-refractivity contribution >= 4 is 58.5 Å². The molecule has 0 spiro atoms. The number of halogens is 2. The highest BCUT2D eigenvalue weighted by atomic mass is 32.2. The molecule has 0 bridgehead atoms. The Hall–Kier alpha value is -6.22. The Balaban J connectivity index is 1.16. The fourth-order valence-corrected chi connectivity index (χ4v) is 8.41. The molecule has 0 aliphatic carbocycles. The third-order valence-corrected chi connectivity index (χ3v) is 10.9. The molecule has 2 fully saturated rings. The molecule has 2 aliphatic rings. The molecule has 0 aromatic heterocycles. The maximum Gasteiger partial charge on any atom is 0.264 e. The van der Waals surface area contributed by atoms with Crippen LogP contribution in [0.3, 0.4) is 0 Å². The first-order chi connectivity index (χ1) is 26.2. The first kappa shape index (κ1) is 37.5. The molecule has 4 amide bonds. The van der Waals surface area contributed by atoms with Gasteiger partial charge in [-0.3, -0.25) is 29.0 Å². The Morgan fingerprint density at radius 1 is 0.593 bits per heavy atom. The average molecular weight is 761 g/mol. The van der Waals surface area contributed by atoms with Crippen molar-refractivity contribution in [3.8, 4) is 12.1 Å². The molecule has 2 aliphatic heterocycles. The van der Waals surface area contributed by atoms with Crippen LogP contribution in [0.15, 0.2) is 130 Å². The number of carbonyl (C=O) groups is 4. The first-order valence-corrected chi connectivity index (χ1v) is 18.4. The van der Waals surface area contributed by atoms with Gasteiger partial charge in [0, 0.05) is 24.5 Å². The Kier molecular flexibility index (Phi) is 11.9. The highest BCUT2D eigenvalue weighted by molar-refractivity contribution is 8.05. The molecular formula is C40H30F2N6O4S2. The number of para-hydroxylation sites is 2. The minimum atomic E-state index is -0.778. The summed E-state index contributed by atoms with van der Waals surface area (Å²) in [5.41, 5.74) is 1.72. The van der Waals surface area contributed by atoms with Crippen molar-refractivity contribution < 1.29 is 28.0 Å². The number of anilines is 2. The number of hydrogen-bond acceptors (Lipinski definition) is 8. The number of hydrogen-bond donors (Lipinski definition) is 2. The highest BCUT2D eigenvalue weighted by Gasteiger charge is 2.42. The van der Waals surface area contributed by atoms with E-state index in [-0.39, 0.29) is 58.9 Å². The minimum Gasteiger partial charge on any atom is -0.350 e. The van der Waals surface area contributed by atoms with E-state index in [2.05, 4.69) is 10.6 Å². The van der Waals surface area contributed by atoms with Crippen LogP contribution in [0.4, 0.5) is 20.2 Å². The Morgan fingerprint density at radius 3 is 1.28 bits per heavy atom. The van der Waals surface area contributed by atoms with Crippen molar-refractivity contribution in [2.45, 2.75) is 23.3 Å². The fraction of sp³-hybridized carbons (Fsp3) is 0.150. The maximum absolute atomic E-state index is 13.7. The van der Waals surface area contributed by atoms with E-state index in [1.165, 1.54) is 34.1 Å². The van der Waals surface area contributed by atoms with E-state index in [0.717, 1.165) is 23.5 Å². The third kappa shape index (κ3) is 8.36. The van der Waals surface area contributed by atoms with E-state index in [0.29, 0.717) is 22.5 Å². The molecule has 4 aromatic rings. The van der Waals surface area contributed by atoms with E-state index in [4.69, 9.17) is 0 Å². The summed E-state index contributed by atoms with van der Waals surface area (Å²) >= 11 is 2.12. The molecule has 0 saturated carbocycles. The monoisotopic (exact) mass is 760 g/mol. The summed E-state index contributed by atoms with van der Waals surface area (Å²) in [6, 6.07) is 32.5. The van der Waals surface area contributed by atoms with Gasteiger partial charge in [0.2, 0.25) is 11.8 Å². The van der Waals surface area contributed by atoms with Gasteiger partial charge in [0.25, 0.3) is 11.8 Å². The van der Waals surface area contributed by atoms with Crippen LogP contribution in [0, 0.1) is 34.3 Å². The molecule has 14 heteroatoms. The summed E-state index contributed by atoms with van der Waals surface area (Å²) < 4.78 is 27.0. The second kappa shape index (κ2) is 17.1. The SMILES string of the molecule is N#C/C(C(=O)NCCNC(=O)/C(C#N)=C1\S[C@@H](Cc2ccc(F)cc2)C(=O)N1c1ccccc1)=C1/S[C@@H](Cc2ccc(F)cc2)C(=O)N1c1ccccc1. The van der Waals surface area contributed by atoms with Crippen molar-refractivity contribution in [3.05, 3.63) is 153 Å². The lowest BCUT2D eigenvalue weighted by Gasteiger charge is -2.19. The number of benzene rings is 4. The molecule has 54 heavy (non-hydrogen) atoms. The average Bonchev–Trinajstić information content (AvgIpc) is 3.67. The van der Waals surface area contributed by atoms with Gasteiger partial charge in [0.1, 0.15) is 45.0 Å². The smallest absolute Gasteiger partial charge is 0.264 e. The van der Waals surface area contributed by atoms with Crippen LogP contribution in [0.2, 0.25) is 0 Å². The number of nitriles is 2.